The average Bonchev–Trinajstić information content (AvgIpc) is 2.89. The minimum Gasteiger partial charge on any atom is -0.453 e. The molecule has 1 aromatic rings. The minimum absolute atomic E-state index is 0.0460. The van der Waals surface area contributed by atoms with Gasteiger partial charge in [0, 0.05) is 49.6 Å². The molecule has 0 spiro atoms. The topological polar surface area (TPSA) is 91.9 Å². The van der Waals surface area contributed by atoms with Crippen LogP contribution >= 0.6 is 11.6 Å². The van der Waals surface area contributed by atoms with Gasteiger partial charge in [0.15, 0.2) is 0 Å². The number of urea groups is 1. The standard InChI is InChI=1S/C27H42ClFN4O4/c1-30-18-23(17-27(29)11-4-3-5-12-27)32-25(34)33-14-7-9-21(19-33)24(20-8-6-10-22(28)16-20)37-15-13-31-26(35)36-2/h6,8,10,16,21,23-24,30H,3-5,7,9,11-15,17-19H2,1-2H3,(H,31,35)(H,32,34)/t21-,23+,24?/m1/s1. The lowest BCUT2D eigenvalue weighted by molar-refractivity contribution is -0.00877. The number of carbonyl (C=O) groups is 2. The summed E-state index contributed by atoms with van der Waals surface area (Å²) in [5.74, 6) is 0.0460. The molecule has 3 atom stereocenters. The number of piperidine rings is 1. The highest BCUT2D eigenvalue weighted by molar-refractivity contribution is 6.30. The highest BCUT2D eigenvalue weighted by Crippen LogP contribution is 2.36. The van der Waals surface area contributed by atoms with Crippen LogP contribution in [0, 0.1) is 5.92 Å². The number of hydrogen-bond acceptors (Lipinski definition) is 5. The Morgan fingerprint density at radius 3 is 2.73 bits per heavy atom. The second-order valence-corrected chi connectivity index (χ2v) is 10.7. The lowest BCUT2D eigenvalue weighted by Gasteiger charge is -2.38. The van der Waals surface area contributed by atoms with Crippen molar-refractivity contribution in [2.75, 3.05) is 46.9 Å². The molecule has 0 bridgehead atoms. The molecule has 2 fully saturated rings. The Kier molecular flexibility index (Phi) is 11.7. The normalized spacial score (nSPS) is 21.1. The zero-order valence-electron chi connectivity index (χ0n) is 22.1. The number of carbonyl (C=O) groups excluding carboxylic acids is 2. The van der Waals surface area contributed by atoms with Gasteiger partial charge in [0.1, 0.15) is 5.67 Å². The number of likely N-dealkylation sites (tertiary alicyclic amines) is 1. The van der Waals surface area contributed by atoms with E-state index in [0.717, 1.165) is 37.7 Å². The van der Waals surface area contributed by atoms with Crippen molar-refractivity contribution in [1.82, 2.24) is 20.9 Å². The summed E-state index contributed by atoms with van der Waals surface area (Å²) < 4.78 is 26.2. The Hall–Kier alpha value is -2.10. The number of ether oxygens (including phenoxy) is 2. The van der Waals surface area contributed by atoms with Crippen LogP contribution in [0.25, 0.3) is 0 Å². The van der Waals surface area contributed by atoms with Gasteiger partial charge in [-0.2, -0.15) is 0 Å². The maximum absolute atomic E-state index is 15.4. The summed E-state index contributed by atoms with van der Waals surface area (Å²) in [5.41, 5.74) is -0.274. The summed E-state index contributed by atoms with van der Waals surface area (Å²) in [4.78, 5) is 26.5. The van der Waals surface area contributed by atoms with E-state index in [1.807, 2.05) is 36.2 Å². The Labute approximate surface area is 225 Å². The lowest BCUT2D eigenvalue weighted by atomic mass is 9.82. The van der Waals surface area contributed by atoms with Crippen molar-refractivity contribution in [3.05, 3.63) is 34.9 Å². The van der Waals surface area contributed by atoms with Gasteiger partial charge in [-0.15, -0.1) is 0 Å². The van der Waals surface area contributed by atoms with Gasteiger partial charge in [-0.1, -0.05) is 43.0 Å². The molecule has 1 heterocycles. The molecule has 1 aromatic carbocycles. The molecular weight excluding hydrogens is 499 g/mol. The van der Waals surface area contributed by atoms with E-state index in [4.69, 9.17) is 16.3 Å². The highest BCUT2D eigenvalue weighted by atomic mass is 35.5. The van der Waals surface area contributed by atoms with Crippen molar-refractivity contribution < 1.29 is 23.5 Å². The predicted octanol–water partition coefficient (Wildman–Crippen LogP) is 4.83. The molecule has 1 aliphatic carbocycles. The number of benzene rings is 1. The molecule has 1 unspecified atom stereocenters. The van der Waals surface area contributed by atoms with Gasteiger partial charge >= 0.3 is 12.1 Å². The number of halogens is 2. The summed E-state index contributed by atoms with van der Waals surface area (Å²) in [6, 6.07) is 7.11. The van der Waals surface area contributed by atoms with Crippen LogP contribution in [0.5, 0.6) is 0 Å². The van der Waals surface area contributed by atoms with E-state index in [1.165, 1.54) is 7.11 Å². The van der Waals surface area contributed by atoms with Crippen LogP contribution in [0.15, 0.2) is 24.3 Å². The molecule has 3 N–H and O–H groups in total. The van der Waals surface area contributed by atoms with Crippen molar-refractivity contribution >= 4 is 23.7 Å². The summed E-state index contributed by atoms with van der Waals surface area (Å²) in [6.45, 7) is 2.27. The first kappa shape index (κ1) is 29.5. The number of amides is 3. The molecule has 8 nitrogen and oxygen atoms in total. The molecule has 0 aromatic heterocycles. The van der Waals surface area contributed by atoms with Crippen LogP contribution in [-0.2, 0) is 9.47 Å². The third-order valence-corrected chi connectivity index (χ3v) is 7.58. The minimum atomic E-state index is -1.21. The Balaban J connectivity index is 1.64. The van der Waals surface area contributed by atoms with E-state index in [-0.39, 0.29) is 30.7 Å². The maximum Gasteiger partial charge on any atom is 0.406 e. The van der Waals surface area contributed by atoms with Gasteiger partial charge in [-0.05, 0) is 50.4 Å². The van der Waals surface area contributed by atoms with Gasteiger partial charge in [-0.3, -0.25) is 0 Å². The molecule has 1 aliphatic heterocycles. The first-order valence-corrected chi connectivity index (χ1v) is 13.8. The molecule has 10 heteroatoms. The number of likely N-dealkylation sites (N-methyl/N-ethyl adjacent to an activating group) is 1. The molecule has 3 rings (SSSR count). The molecule has 37 heavy (non-hydrogen) atoms. The van der Waals surface area contributed by atoms with Crippen LogP contribution in [0.1, 0.15) is 63.0 Å². The number of methoxy groups -OCH3 is 1. The van der Waals surface area contributed by atoms with Crippen LogP contribution in [0.3, 0.4) is 0 Å². The average molecular weight is 541 g/mol. The highest BCUT2D eigenvalue weighted by Gasteiger charge is 2.36. The molecule has 0 radical (unpaired) electrons. The van der Waals surface area contributed by atoms with Crippen molar-refractivity contribution in [2.24, 2.45) is 5.92 Å². The number of hydrogen-bond donors (Lipinski definition) is 3. The van der Waals surface area contributed by atoms with Crippen molar-refractivity contribution in [2.45, 2.75) is 69.2 Å². The van der Waals surface area contributed by atoms with E-state index < -0.39 is 11.8 Å². The van der Waals surface area contributed by atoms with Crippen LogP contribution in [0.2, 0.25) is 5.02 Å². The molecule has 208 valence electrons. The Morgan fingerprint density at radius 2 is 2.03 bits per heavy atom. The van der Waals surface area contributed by atoms with E-state index in [9.17, 15) is 9.59 Å². The maximum atomic E-state index is 15.4. The van der Waals surface area contributed by atoms with Crippen molar-refractivity contribution in [1.29, 1.82) is 0 Å². The largest absolute Gasteiger partial charge is 0.453 e. The zero-order chi connectivity index (χ0) is 26.7. The zero-order valence-corrected chi connectivity index (χ0v) is 22.8. The fraction of sp³-hybridized carbons (Fsp3) is 0.704. The summed E-state index contributed by atoms with van der Waals surface area (Å²) in [7, 11) is 3.14. The molecule has 1 saturated carbocycles. The lowest BCUT2D eigenvalue weighted by Crippen LogP contribution is -2.53. The summed E-state index contributed by atoms with van der Waals surface area (Å²) >= 11 is 6.27. The first-order chi connectivity index (χ1) is 17.8. The van der Waals surface area contributed by atoms with E-state index in [0.29, 0.717) is 50.5 Å². The van der Waals surface area contributed by atoms with Gasteiger partial charge in [-0.25, -0.2) is 14.0 Å². The van der Waals surface area contributed by atoms with Gasteiger partial charge in [0.25, 0.3) is 0 Å². The smallest absolute Gasteiger partial charge is 0.406 e. The predicted molar refractivity (Wildman–Crippen MR) is 143 cm³/mol. The second-order valence-electron chi connectivity index (χ2n) is 10.2. The number of rotatable bonds is 11. The van der Waals surface area contributed by atoms with Crippen molar-refractivity contribution in [3.8, 4) is 0 Å². The third kappa shape index (κ3) is 9.30. The molecule has 3 amide bonds. The quantitative estimate of drug-likeness (QED) is 0.350. The number of alkyl carbamates (subject to hydrolysis) is 1. The fourth-order valence-electron chi connectivity index (χ4n) is 5.56. The van der Waals surface area contributed by atoms with Gasteiger partial charge in [0.05, 0.1) is 19.8 Å². The van der Waals surface area contributed by atoms with Crippen LogP contribution in [0.4, 0.5) is 14.0 Å². The Bertz CT molecular complexity index is 871. The molecule has 2 aliphatic rings. The van der Waals surface area contributed by atoms with Crippen LogP contribution < -0.4 is 16.0 Å². The van der Waals surface area contributed by atoms with Gasteiger partial charge < -0.3 is 30.3 Å². The third-order valence-electron chi connectivity index (χ3n) is 7.34. The van der Waals surface area contributed by atoms with Gasteiger partial charge in [0.2, 0.25) is 0 Å². The summed E-state index contributed by atoms with van der Waals surface area (Å²) in [6.07, 6.45) is 5.28. The van der Waals surface area contributed by atoms with E-state index in [1.54, 1.807) is 0 Å². The van der Waals surface area contributed by atoms with E-state index >= 15 is 4.39 Å². The second kappa shape index (κ2) is 14.7. The SMILES string of the molecule is CNC[C@H](CC1(F)CCCCC1)NC(=O)N1CCC[C@@H](C(OCCNC(=O)OC)c2cccc(Cl)c2)C1. The molecular formula is C27H42ClFN4O4. The number of alkyl halides is 1. The number of nitrogens with zero attached hydrogens (tertiary/aromatic N) is 1. The Morgan fingerprint density at radius 1 is 1.24 bits per heavy atom. The first-order valence-electron chi connectivity index (χ1n) is 13.4. The van der Waals surface area contributed by atoms with E-state index in [2.05, 4.69) is 20.7 Å². The number of nitrogens with one attached hydrogen (secondary N) is 3. The molecule has 1 saturated heterocycles. The monoisotopic (exact) mass is 540 g/mol. The summed E-state index contributed by atoms with van der Waals surface area (Å²) in [5, 5.41) is 9.45. The van der Waals surface area contributed by atoms with Crippen LogP contribution in [-0.4, -0.2) is 75.7 Å². The fourth-order valence-corrected chi connectivity index (χ4v) is 5.76. The van der Waals surface area contributed by atoms with Crippen molar-refractivity contribution in [3.63, 3.8) is 0 Å².